The molecule has 2 aromatic heterocycles. The minimum atomic E-state index is -1.29. The van der Waals surface area contributed by atoms with Crippen molar-refractivity contribution in [1.29, 1.82) is 0 Å². The lowest BCUT2D eigenvalue weighted by Gasteiger charge is -2.42. The van der Waals surface area contributed by atoms with Crippen molar-refractivity contribution < 1.29 is 38.7 Å². The summed E-state index contributed by atoms with van der Waals surface area (Å²) in [6, 6.07) is 20.3. The fourth-order valence-corrected chi connectivity index (χ4v) is 7.84. The standard InChI is InChI=1S/C41H54N6O8S/c1-27(2)31-23-45(28(3)48)24-36(54-6)39(51)34(49)25-55-21-12-11-20-46(38(31)29-14-13-15-30(22-29)52-4)37(50)26-56-41-44-43-40(32-16-9-10-19-42-32)47(41)33-17-7-8-18-35(33)53-5/h7-10,13-19,22,27,31,34,36,38-39,49,51H,11-12,20-21,23-26H2,1-6H3/t31-,34+,36+,38-,39+/m1/s1. The van der Waals surface area contributed by atoms with Crippen LogP contribution in [0.5, 0.6) is 11.5 Å². The molecule has 0 unspecified atom stereocenters. The van der Waals surface area contributed by atoms with Gasteiger partial charge in [0.1, 0.15) is 35.5 Å². The second-order valence-electron chi connectivity index (χ2n) is 14.1. The number of hydrogen-bond donors (Lipinski definition) is 2. The van der Waals surface area contributed by atoms with Gasteiger partial charge in [0.2, 0.25) is 11.8 Å². The van der Waals surface area contributed by atoms with Crippen LogP contribution in [0.3, 0.4) is 0 Å². The minimum absolute atomic E-state index is 0.0129. The largest absolute Gasteiger partial charge is 0.497 e. The molecule has 5 rings (SSSR count). The van der Waals surface area contributed by atoms with Crippen molar-refractivity contribution in [3.05, 3.63) is 78.5 Å². The molecule has 5 atom stereocenters. The molecule has 302 valence electrons. The van der Waals surface area contributed by atoms with Gasteiger partial charge >= 0.3 is 0 Å². The van der Waals surface area contributed by atoms with Gasteiger partial charge in [0.15, 0.2) is 11.0 Å². The summed E-state index contributed by atoms with van der Waals surface area (Å²) in [5.74, 6) is 1.13. The van der Waals surface area contributed by atoms with Gasteiger partial charge in [-0.1, -0.05) is 55.9 Å². The topological polar surface area (TPSA) is 162 Å². The quantitative estimate of drug-likeness (QED) is 0.214. The van der Waals surface area contributed by atoms with Gasteiger partial charge in [0, 0.05) is 52.4 Å². The summed E-state index contributed by atoms with van der Waals surface area (Å²) in [6.45, 7) is 6.51. The van der Waals surface area contributed by atoms with E-state index < -0.39 is 24.4 Å². The van der Waals surface area contributed by atoms with Gasteiger partial charge in [-0.3, -0.25) is 19.1 Å². The number of nitrogens with zero attached hydrogens (tertiary/aromatic N) is 6. The maximum absolute atomic E-state index is 14.9. The molecule has 3 heterocycles. The van der Waals surface area contributed by atoms with Gasteiger partial charge in [0.25, 0.3) is 0 Å². The Labute approximate surface area is 333 Å². The van der Waals surface area contributed by atoms with Gasteiger partial charge in [0.05, 0.1) is 38.3 Å². The van der Waals surface area contributed by atoms with E-state index in [2.05, 4.69) is 29.0 Å². The van der Waals surface area contributed by atoms with Gasteiger partial charge in [-0.15, -0.1) is 10.2 Å². The average Bonchev–Trinajstić information content (AvgIpc) is 3.64. The Morgan fingerprint density at radius 1 is 0.964 bits per heavy atom. The Bertz CT molecular complexity index is 1860. The van der Waals surface area contributed by atoms with Crippen LogP contribution in [-0.4, -0.2) is 130 Å². The van der Waals surface area contributed by atoms with Crippen molar-refractivity contribution in [1.82, 2.24) is 29.5 Å². The van der Waals surface area contributed by atoms with Crippen LogP contribution in [0.25, 0.3) is 17.2 Å². The van der Waals surface area contributed by atoms with Crippen LogP contribution in [0, 0.1) is 11.8 Å². The maximum atomic E-state index is 14.9. The molecular formula is C41H54N6O8S. The summed E-state index contributed by atoms with van der Waals surface area (Å²) in [5, 5.41) is 31.4. The number of hydrogen-bond acceptors (Lipinski definition) is 12. The van der Waals surface area contributed by atoms with Crippen LogP contribution in [0.15, 0.2) is 78.1 Å². The van der Waals surface area contributed by atoms with E-state index >= 15 is 0 Å². The van der Waals surface area contributed by atoms with E-state index in [1.807, 2.05) is 76.2 Å². The first-order chi connectivity index (χ1) is 27.1. The second kappa shape index (κ2) is 20.6. The van der Waals surface area contributed by atoms with Gasteiger partial charge in [-0.25, -0.2) is 0 Å². The molecule has 1 saturated heterocycles. The fraction of sp³-hybridized carbons (Fsp3) is 0.488. The molecule has 15 heteroatoms. The van der Waals surface area contributed by atoms with Crippen molar-refractivity contribution in [3.8, 4) is 28.7 Å². The number of benzene rings is 2. The molecule has 0 spiro atoms. The number of pyridine rings is 1. The number of para-hydroxylation sites is 2. The first kappa shape index (κ1) is 42.6. The Balaban J connectivity index is 1.57. The fourth-order valence-electron chi connectivity index (χ4n) is 7.01. The highest BCUT2D eigenvalue weighted by molar-refractivity contribution is 7.99. The zero-order valence-electron chi connectivity index (χ0n) is 33.0. The van der Waals surface area contributed by atoms with E-state index in [0.29, 0.717) is 59.9 Å². The maximum Gasteiger partial charge on any atom is 0.233 e. The number of aromatic nitrogens is 4. The van der Waals surface area contributed by atoms with Gasteiger partial charge in [-0.05, 0) is 60.7 Å². The number of thioether (sulfide) groups is 1. The normalized spacial score (nSPS) is 21.6. The first-order valence-corrected chi connectivity index (χ1v) is 19.8. The van der Waals surface area contributed by atoms with Gasteiger partial charge in [-0.2, -0.15) is 0 Å². The van der Waals surface area contributed by atoms with Gasteiger partial charge < -0.3 is 39.0 Å². The smallest absolute Gasteiger partial charge is 0.233 e. The monoisotopic (exact) mass is 790 g/mol. The van der Waals surface area contributed by atoms with Crippen molar-refractivity contribution in [2.75, 3.05) is 59.9 Å². The Morgan fingerprint density at radius 3 is 2.45 bits per heavy atom. The zero-order valence-corrected chi connectivity index (χ0v) is 33.8. The molecule has 2 aromatic carbocycles. The molecule has 14 nitrogen and oxygen atoms in total. The lowest BCUT2D eigenvalue weighted by Crippen LogP contribution is -2.51. The summed E-state index contributed by atoms with van der Waals surface area (Å²) in [5.41, 5.74) is 2.17. The first-order valence-electron chi connectivity index (χ1n) is 18.9. The molecule has 1 fully saturated rings. The molecule has 56 heavy (non-hydrogen) atoms. The van der Waals surface area contributed by atoms with Crippen LogP contribution < -0.4 is 9.47 Å². The molecule has 1 aliphatic heterocycles. The molecule has 2 amide bonds. The summed E-state index contributed by atoms with van der Waals surface area (Å²) in [4.78, 5) is 36.3. The predicted molar refractivity (Wildman–Crippen MR) is 213 cm³/mol. The average molecular weight is 791 g/mol. The number of carbonyl (C=O) groups excluding carboxylic acids is 2. The Morgan fingerprint density at radius 2 is 1.75 bits per heavy atom. The summed E-state index contributed by atoms with van der Waals surface area (Å²) >= 11 is 1.27. The van der Waals surface area contributed by atoms with Crippen molar-refractivity contribution in [2.45, 2.75) is 63.1 Å². The van der Waals surface area contributed by atoms with Crippen LogP contribution in [0.2, 0.25) is 0 Å². The lowest BCUT2D eigenvalue weighted by molar-refractivity contribution is -0.139. The highest BCUT2D eigenvalue weighted by Gasteiger charge is 2.38. The SMILES string of the molecule is COc1cccc([C@@H]2[C@@H](C(C)C)CN(C(C)=O)C[C@H](OC)[C@@H](O)[C@@H](O)COCCCCN2C(=O)CSc2nnc(-c3ccccn3)n2-c2ccccc2OC)c1. The third kappa shape index (κ3) is 10.4. The Kier molecular flexibility index (Phi) is 15.7. The van der Waals surface area contributed by atoms with Crippen LogP contribution in [0.4, 0.5) is 0 Å². The molecule has 4 aromatic rings. The summed E-state index contributed by atoms with van der Waals surface area (Å²) in [6.07, 6.45) is -0.493. The molecule has 0 radical (unpaired) electrons. The van der Waals surface area contributed by atoms with E-state index in [1.54, 1.807) is 25.3 Å². The zero-order chi connectivity index (χ0) is 40.2. The number of rotatable bonds is 10. The summed E-state index contributed by atoms with van der Waals surface area (Å²) in [7, 11) is 4.65. The van der Waals surface area contributed by atoms with Crippen LogP contribution in [-0.2, 0) is 19.1 Å². The van der Waals surface area contributed by atoms with E-state index in [4.69, 9.17) is 18.9 Å². The number of methoxy groups -OCH3 is 3. The third-order valence-corrected chi connectivity index (χ3v) is 11.0. The molecule has 0 aliphatic carbocycles. The van der Waals surface area contributed by atoms with Crippen molar-refractivity contribution >= 4 is 23.6 Å². The molecular weight excluding hydrogens is 737 g/mol. The van der Waals surface area contributed by atoms with E-state index in [-0.39, 0.29) is 49.1 Å². The number of carbonyl (C=O) groups is 2. The predicted octanol–water partition coefficient (Wildman–Crippen LogP) is 4.68. The van der Waals surface area contributed by atoms with E-state index in [9.17, 15) is 19.8 Å². The van der Waals surface area contributed by atoms with E-state index in [0.717, 1.165) is 5.56 Å². The third-order valence-electron chi connectivity index (χ3n) is 10.1. The highest BCUT2D eigenvalue weighted by atomic mass is 32.2. The molecule has 0 bridgehead atoms. The molecule has 2 N–H and O–H groups in total. The lowest BCUT2D eigenvalue weighted by atomic mass is 9.82. The van der Waals surface area contributed by atoms with Crippen molar-refractivity contribution in [2.24, 2.45) is 11.8 Å². The number of ether oxygens (including phenoxy) is 4. The number of aliphatic hydroxyl groups excluding tert-OH is 2. The van der Waals surface area contributed by atoms with E-state index in [1.165, 1.54) is 25.8 Å². The number of aliphatic hydroxyl groups is 2. The highest BCUT2D eigenvalue weighted by Crippen LogP contribution is 2.38. The molecule has 0 saturated carbocycles. The number of amides is 2. The summed E-state index contributed by atoms with van der Waals surface area (Å²) < 4.78 is 24.6. The van der Waals surface area contributed by atoms with Crippen LogP contribution in [0.1, 0.15) is 45.2 Å². The van der Waals surface area contributed by atoms with Crippen molar-refractivity contribution in [3.63, 3.8) is 0 Å². The molecule has 1 aliphatic rings. The Hall–Kier alpha value is -4.54. The van der Waals surface area contributed by atoms with Crippen LogP contribution >= 0.6 is 11.8 Å². The second-order valence-corrected chi connectivity index (χ2v) is 15.0. The minimum Gasteiger partial charge on any atom is -0.497 e.